The van der Waals surface area contributed by atoms with Crippen LogP contribution in [0.2, 0.25) is 0 Å². The van der Waals surface area contributed by atoms with Crippen LogP contribution in [-0.4, -0.2) is 19.4 Å². The smallest absolute Gasteiger partial charge is 0.306 e. The van der Waals surface area contributed by atoms with Gasteiger partial charge in [-0.3, -0.25) is 4.98 Å². The first-order valence-corrected chi connectivity index (χ1v) is 11.2. The number of anilines is 1. The third-order valence-electron chi connectivity index (χ3n) is 5.03. The maximum absolute atomic E-state index is 14.6. The molecule has 0 atom stereocenters. The molecule has 0 saturated heterocycles. The lowest BCUT2D eigenvalue weighted by atomic mass is 9.97. The minimum Gasteiger partial charge on any atom is -0.306 e. The average molecular weight is 425 g/mol. The second-order valence-electron chi connectivity index (χ2n) is 7.13. The number of hydrogen-bond acceptors (Lipinski definition) is 4. The summed E-state index contributed by atoms with van der Waals surface area (Å²) in [7, 11) is -3.90. The number of halogens is 1. The molecule has 2 N–H and O–H groups in total. The molecule has 0 unspecified atom stereocenters. The van der Waals surface area contributed by atoms with Crippen molar-refractivity contribution < 1.29 is 17.6 Å². The molecular weight excluding hydrogens is 405 g/mol. The van der Waals surface area contributed by atoms with E-state index in [4.69, 9.17) is 0 Å². The van der Waals surface area contributed by atoms with Crippen LogP contribution >= 0.6 is 0 Å². The molecule has 0 saturated carbocycles. The summed E-state index contributed by atoms with van der Waals surface area (Å²) in [5.41, 5.74) is 3.44. The number of rotatable bonds is 5. The summed E-state index contributed by atoms with van der Waals surface area (Å²) in [6, 6.07) is 12.5. The molecule has 3 aromatic rings. The quantitative estimate of drug-likeness (QED) is 0.646. The van der Waals surface area contributed by atoms with Crippen LogP contribution in [0.15, 0.2) is 60.9 Å². The SMILES string of the molecule is O=C(Nc1c(-c2ccncc2)cc(F)c2c1CCC2)NS(=O)(=O)Cc1ccccc1. The average Bonchev–Trinajstić information content (AvgIpc) is 3.21. The van der Waals surface area contributed by atoms with Crippen molar-refractivity contribution in [3.63, 3.8) is 0 Å². The van der Waals surface area contributed by atoms with E-state index in [-0.39, 0.29) is 11.6 Å². The van der Waals surface area contributed by atoms with Gasteiger partial charge in [-0.05, 0) is 59.7 Å². The number of nitrogens with one attached hydrogen (secondary N) is 2. The topological polar surface area (TPSA) is 88.2 Å². The molecular formula is C22H20FN3O3S. The van der Waals surface area contributed by atoms with Crippen molar-refractivity contribution in [2.45, 2.75) is 25.0 Å². The molecule has 2 amide bonds. The molecule has 1 aromatic heterocycles. The number of amides is 2. The van der Waals surface area contributed by atoms with E-state index in [1.54, 1.807) is 54.9 Å². The standard InChI is InChI=1S/C22H20FN3O3S/c23-20-13-19(16-9-11-24-12-10-16)21(18-8-4-7-17(18)20)25-22(27)26-30(28,29)14-15-5-2-1-3-6-15/h1-3,5-6,9-13H,4,7-8,14H2,(H2,25,26,27). The molecule has 1 aliphatic rings. The van der Waals surface area contributed by atoms with Crippen molar-refractivity contribution in [3.8, 4) is 11.1 Å². The zero-order valence-corrected chi connectivity index (χ0v) is 16.9. The van der Waals surface area contributed by atoms with Crippen molar-refractivity contribution in [1.29, 1.82) is 0 Å². The molecule has 154 valence electrons. The molecule has 0 bridgehead atoms. The molecule has 0 fully saturated rings. The summed E-state index contributed by atoms with van der Waals surface area (Å²) >= 11 is 0. The first-order valence-electron chi connectivity index (χ1n) is 9.53. The molecule has 4 rings (SSSR count). The van der Waals surface area contributed by atoms with E-state index in [9.17, 15) is 17.6 Å². The predicted molar refractivity (Wildman–Crippen MR) is 113 cm³/mol. The van der Waals surface area contributed by atoms with E-state index in [0.29, 0.717) is 46.3 Å². The number of aromatic nitrogens is 1. The van der Waals surface area contributed by atoms with Gasteiger partial charge in [0, 0.05) is 18.0 Å². The highest BCUT2D eigenvalue weighted by Crippen LogP contribution is 2.39. The zero-order valence-electron chi connectivity index (χ0n) is 16.1. The summed E-state index contributed by atoms with van der Waals surface area (Å²) in [5, 5.41) is 2.66. The van der Waals surface area contributed by atoms with Crippen LogP contribution in [0.3, 0.4) is 0 Å². The Hall–Kier alpha value is -3.26. The number of hydrogen-bond donors (Lipinski definition) is 2. The summed E-state index contributed by atoms with van der Waals surface area (Å²) in [4.78, 5) is 16.6. The Kier molecular flexibility index (Phi) is 5.50. The van der Waals surface area contributed by atoms with Crippen LogP contribution in [0.4, 0.5) is 14.9 Å². The van der Waals surface area contributed by atoms with Gasteiger partial charge < -0.3 is 5.32 Å². The highest BCUT2D eigenvalue weighted by molar-refractivity contribution is 7.89. The molecule has 0 spiro atoms. The molecule has 30 heavy (non-hydrogen) atoms. The summed E-state index contributed by atoms with van der Waals surface area (Å²) < 4.78 is 41.5. The second-order valence-corrected chi connectivity index (χ2v) is 8.85. The molecule has 1 heterocycles. The lowest BCUT2D eigenvalue weighted by Crippen LogP contribution is -2.35. The monoisotopic (exact) mass is 425 g/mol. The number of benzene rings is 2. The lowest BCUT2D eigenvalue weighted by Gasteiger charge is -2.17. The summed E-state index contributed by atoms with van der Waals surface area (Å²) in [6.07, 6.45) is 5.12. The Labute approximate surface area is 174 Å². The molecule has 6 nitrogen and oxygen atoms in total. The Morgan fingerprint density at radius 1 is 1.03 bits per heavy atom. The molecule has 0 aliphatic heterocycles. The number of carbonyl (C=O) groups excluding carboxylic acids is 1. The third kappa shape index (κ3) is 4.33. The Balaban J connectivity index is 1.62. The number of nitrogens with zero attached hydrogens (tertiary/aromatic N) is 1. The van der Waals surface area contributed by atoms with Crippen molar-refractivity contribution in [2.75, 3.05) is 5.32 Å². The summed E-state index contributed by atoms with van der Waals surface area (Å²) in [5.74, 6) is -0.642. The van der Waals surface area contributed by atoms with Gasteiger partial charge in [0.05, 0.1) is 11.4 Å². The number of sulfonamides is 1. The van der Waals surface area contributed by atoms with Crippen molar-refractivity contribution in [2.24, 2.45) is 0 Å². The van der Waals surface area contributed by atoms with Gasteiger partial charge in [-0.25, -0.2) is 22.3 Å². The number of urea groups is 1. The van der Waals surface area contributed by atoms with Crippen molar-refractivity contribution >= 4 is 21.7 Å². The zero-order chi connectivity index (χ0) is 21.1. The number of carbonyl (C=O) groups is 1. The van der Waals surface area contributed by atoms with Gasteiger partial charge >= 0.3 is 6.03 Å². The van der Waals surface area contributed by atoms with Crippen molar-refractivity contribution in [1.82, 2.24) is 9.71 Å². The van der Waals surface area contributed by atoms with Gasteiger partial charge in [0.1, 0.15) is 5.82 Å². The van der Waals surface area contributed by atoms with Gasteiger partial charge in [-0.1, -0.05) is 30.3 Å². The lowest BCUT2D eigenvalue weighted by molar-refractivity contribution is 0.256. The van der Waals surface area contributed by atoms with Crippen molar-refractivity contribution in [3.05, 3.63) is 83.4 Å². The van der Waals surface area contributed by atoms with Gasteiger partial charge in [-0.15, -0.1) is 0 Å². The van der Waals surface area contributed by atoms with E-state index in [0.717, 1.165) is 6.42 Å². The molecule has 0 radical (unpaired) electrons. The molecule has 2 aromatic carbocycles. The number of pyridine rings is 1. The Bertz CT molecular complexity index is 1180. The van der Waals surface area contributed by atoms with Crippen LogP contribution < -0.4 is 10.0 Å². The summed E-state index contributed by atoms with van der Waals surface area (Å²) in [6.45, 7) is 0. The fourth-order valence-corrected chi connectivity index (χ4v) is 4.78. The van der Waals surface area contributed by atoms with E-state index in [1.807, 2.05) is 0 Å². The normalized spacial score (nSPS) is 13.0. The minimum absolute atomic E-state index is 0.319. The first-order chi connectivity index (χ1) is 14.4. The van der Waals surface area contributed by atoms with E-state index >= 15 is 0 Å². The van der Waals surface area contributed by atoms with Gasteiger partial charge in [-0.2, -0.15) is 0 Å². The van der Waals surface area contributed by atoms with Crippen LogP contribution in [0.25, 0.3) is 11.1 Å². The maximum Gasteiger partial charge on any atom is 0.332 e. The fraction of sp³-hybridized carbons (Fsp3) is 0.182. The van der Waals surface area contributed by atoms with E-state index in [2.05, 4.69) is 15.0 Å². The molecule has 1 aliphatic carbocycles. The largest absolute Gasteiger partial charge is 0.332 e. The van der Waals surface area contributed by atoms with Gasteiger partial charge in [0.15, 0.2) is 0 Å². The van der Waals surface area contributed by atoms with Crippen LogP contribution in [-0.2, 0) is 28.6 Å². The van der Waals surface area contributed by atoms with Crippen LogP contribution in [0.1, 0.15) is 23.1 Å². The Morgan fingerprint density at radius 2 is 1.73 bits per heavy atom. The minimum atomic E-state index is -3.90. The van der Waals surface area contributed by atoms with Crippen LogP contribution in [0, 0.1) is 5.82 Å². The van der Waals surface area contributed by atoms with Crippen LogP contribution in [0.5, 0.6) is 0 Å². The van der Waals surface area contributed by atoms with E-state index < -0.39 is 16.1 Å². The highest BCUT2D eigenvalue weighted by Gasteiger charge is 2.25. The third-order valence-corrected chi connectivity index (χ3v) is 6.24. The number of fused-ring (bicyclic) bond motifs is 1. The second kappa shape index (κ2) is 8.23. The predicted octanol–water partition coefficient (Wildman–Crippen LogP) is 4.03. The molecule has 8 heteroatoms. The first kappa shape index (κ1) is 20.0. The fourth-order valence-electron chi connectivity index (χ4n) is 3.74. The van der Waals surface area contributed by atoms with E-state index in [1.165, 1.54) is 6.07 Å². The van der Waals surface area contributed by atoms with Gasteiger partial charge in [0.25, 0.3) is 0 Å². The Morgan fingerprint density at radius 3 is 2.47 bits per heavy atom. The maximum atomic E-state index is 14.6. The highest BCUT2D eigenvalue weighted by atomic mass is 32.2. The van der Waals surface area contributed by atoms with Gasteiger partial charge in [0.2, 0.25) is 10.0 Å².